The molecule has 0 unspecified atom stereocenters. The molecule has 0 saturated heterocycles. The number of hydrogen-bond acceptors (Lipinski definition) is 3. The summed E-state index contributed by atoms with van der Waals surface area (Å²) in [7, 11) is 0. The van der Waals surface area contributed by atoms with Gasteiger partial charge in [-0.2, -0.15) is 0 Å². The highest BCUT2D eigenvalue weighted by molar-refractivity contribution is 9.10. The first-order chi connectivity index (χ1) is 16.9. The fourth-order valence-electron chi connectivity index (χ4n) is 3.53. The zero-order valence-electron chi connectivity index (χ0n) is 19.3. The number of ether oxygens (including phenoxy) is 1. The van der Waals surface area contributed by atoms with Gasteiger partial charge in [-0.15, -0.1) is 0 Å². The van der Waals surface area contributed by atoms with E-state index in [4.69, 9.17) is 27.9 Å². The predicted octanol–water partition coefficient (Wildman–Crippen LogP) is 6.30. The zero-order chi connectivity index (χ0) is 25.2. The van der Waals surface area contributed by atoms with Gasteiger partial charge in [0.25, 0.3) is 5.91 Å². The van der Waals surface area contributed by atoms with E-state index in [1.54, 1.807) is 30.3 Å². The van der Waals surface area contributed by atoms with Crippen LogP contribution in [0.15, 0.2) is 77.3 Å². The second-order valence-corrected chi connectivity index (χ2v) is 9.69. The van der Waals surface area contributed by atoms with E-state index >= 15 is 0 Å². The molecule has 0 fully saturated rings. The predicted molar refractivity (Wildman–Crippen MR) is 144 cm³/mol. The Kier molecular flexibility index (Phi) is 10.5. The van der Waals surface area contributed by atoms with Gasteiger partial charge < -0.3 is 15.0 Å². The summed E-state index contributed by atoms with van der Waals surface area (Å²) < 4.78 is 6.66. The number of halogens is 3. The van der Waals surface area contributed by atoms with E-state index in [0.717, 1.165) is 16.5 Å². The van der Waals surface area contributed by atoms with Crippen molar-refractivity contribution in [3.63, 3.8) is 0 Å². The second-order valence-electron chi connectivity index (χ2n) is 7.96. The lowest BCUT2D eigenvalue weighted by molar-refractivity contribution is -0.142. The average Bonchev–Trinajstić information content (AvgIpc) is 2.86. The topological polar surface area (TPSA) is 58.6 Å². The highest BCUT2D eigenvalue weighted by Gasteiger charge is 2.31. The van der Waals surface area contributed by atoms with Gasteiger partial charge in [-0.3, -0.25) is 9.59 Å². The summed E-state index contributed by atoms with van der Waals surface area (Å²) in [4.78, 5) is 28.4. The number of hydrogen-bond donors (Lipinski definition) is 1. The molecule has 0 radical (unpaired) electrons. The number of carbonyl (C=O) groups excluding carboxylic acids is 2. The molecule has 0 heterocycles. The summed E-state index contributed by atoms with van der Waals surface area (Å²) in [6, 6.07) is 21.2. The third kappa shape index (κ3) is 7.99. The number of rotatable bonds is 11. The van der Waals surface area contributed by atoms with Gasteiger partial charge in [-0.25, -0.2) is 0 Å². The summed E-state index contributed by atoms with van der Waals surface area (Å²) in [6.45, 7) is 2.31. The molecule has 5 nitrogen and oxygen atoms in total. The Labute approximate surface area is 224 Å². The summed E-state index contributed by atoms with van der Waals surface area (Å²) in [5.41, 5.74) is 1.51. The molecule has 3 aromatic rings. The first kappa shape index (κ1) is 27.1. The molecule has 8 heteroatoms. The minimum absolute atomic E-state index is 0.0675. The maximum Gasteiger partial charge on any atom is 0.261 e. The van der Waals surface area contributed by atoms with Crippen molar-refractivity contribution >= 4 is 50.9 Å². The fourth-order valence-corrected chi connectivity index (χ4v) is 4.31. The summed E-state index contributed by atoms with van der Waals surface area (Å²) in [6.07, 6.45) is 1.11. The second kappa shape index (κ2) is 13.5. The molecule has 3 aromatic carbocycles. The number of nitrogens with zero attached hydrogens (tertiary/aromatic N) is 1. The highest BCUT2D eigenvalue weighted by atomic mass is 79.9. The van der Waals surface area contributed by atoms with Crippen LogP contribution in [0, 0.1) is 0 Å². The Morgan fingerprint density at radius 3 is 2.26 bits per heavy atom. The minimum Gasteiger partial charge on any atom is -0.484 e. The Morgan fingerprint density at radius 1 is 0.971 bits per heavy atom. The Hall–Kier alpha value is -2.54. The average molecular weight is 578 g/mol. The molecular formula is C27H27BrCl2N2O3. The molecule has 2 amide bonds. The minimum atomic E-state index is -0.780. The normalized spacial score (nSPS) is 11.5. The lowest BCUT2D eigenvalue weighted by Gasteiger charge is -2.32. The van der Waals surface area contributed by atoms with Crippen LogP contribution in [0.5, 0.6) is 5.75 Å². The Bertz CT molecular complexity index is 1110. The maximum atomic E-state index is 13.5. The van der Waals surface area contributed by atoms with Crippen molar-refractivity contribution in [1.82, 2.24) is 10.2 Å². The van der Waals surface area contributed by atoms with Crippen LogP contribution in [0.25, 0.3) is 0 Å². The van der Waals surface area contributed by atoms with Crippen LogP contribution < -0.4 is 10.1 Å². The monoisotopic (exact) mass is 576 g/mol. The molecule has 0 saturated carbocycles. The van der Waals surface area contributed by atoms with Crippen LogP contribution in [-0.4, -0.2) is 35.9 Å². The number of carbonyl (C=O) groups is 2. The molecule has 0 aliphatic carbocycles. The van der Waals surface area contributed by atoms with E-state index in [2.05, 4.69) is 21.2 Å². The van der Waals surface area contributed by atoms with Gasteiger partial charge in [0, 0.05) is 39.6 Å². The standard InChI is InChI=1S/C27H27BrCl2N2O3/c1-2-15-31-27(34)25(16-19-7-4-3-5-8-19)32(17-22-23(29)9-6-10-24(22)30)26(33)18-35-21-13-11-20(28)12-14-21/h3-14,25H,2,15-18H2,1H3,(H,31,34)/t25-/m0/s1. The smallest absolute Gasteiger partial charge is 0.261 e. The first-order valence-electron chi connectivity index (χ1n) is 11.3. The van der Waals surface area contributed by atoms with E-state index in [-0.39, 0.29) is 25.0 Å². The Balaban J connectivity index is 1.93. The van der Waals surface area contributed by atoms with Crippen molar-refractivity contribution in [2.24, 2.45) is 0 Å². The van der Waals surface area contributed by atoms with Crippen LogP contribution in [-0.2, 0) is 22.6 Å². The molecule has 0 bridgehead atoms. The molecule has 35 heavy (non-hydrogen) atoms. The van der Waals surface area contributed by atoms with Gasteiger partial charge in [0.15, 0.2) is 6.61 Å². The molecule has 0 aromatic heterocycles. The van der Waals surface area contributed by atoms with Crippen molar-refractivity contribution in [2.45, 2.75) is 32.4 Å². The van der Waals surface area contributed by atoms with Crippen molar-refractivity contribution < 1.29 is 14.3 Å². The molecule has 3 rings (SSSR count). The van der Waals surface area contributed by atoms with Gasteiger partial charge in [0.1, 0.15) is 11.8 Å². The van der Waals surface area contributed by atoms with Crippen LogP contribution in [0.4, 0.5) is 0 Å². The Morgan fingerprint density at radius 2 is 1.63 bits per heavy atom. The van der Waals surface area contributed by atoms with E-state index in [9.17, 15) is 9.59 Å². The largest absolute Gasteiger partial charge is 0.484 e. The summed E-state index contributed by atoms with van der Waals surface area (Å²) >= 11 is 16.3. The number of amides is 2. The van der Waals surface area contributed by atoms with Gasteiger partial charge in [-0.1, -0.05) is 82.5 Å². The zero-order valence-corrected chi connectivity index (χ0v) is 22.4. The van der Waals surface area contributed by atoms with Crippen molar-refractivity contribution in [3.8, 4) is 5.75 Å². The number of nitrogens with one attached hydrogen (secondary N) is 1. The molecule has 184 valence electrons. The highest BCUT2D eigenvalue weighted by Crippen LogP contribution is 2.27. The number of benzene rings is 3. The van der Waals surface area contributed by atoms with E-state index in [1.165, 1.54) is 4.90 Å². The van der Waals surface area contributed by atoms with Crippen LogP contribution in [0.2, 0.25) is 10.0 Å². The van der Waals surface area contributed by atoms with Gasteiger partial charge in [0.05, 0.1) is 0 Å². The van der Waals surface area contributed by atoms with Gasteiger partial charge in [0.2, 0.25) is 5.91 Å². The summed E-state index contributed by atoms with van der Waals surface area (Å²) in [5.74, 6) is -0.0420. The fraction of sp³-hybridized carbons (Fsp3) is 0.259. The first-order valence-corrected chi connectivity index (χ1v) is 12.9. The van der Waals surface area contributed by atoms with Crippen LogP contribution in [0.1, 0.15) is 24.5 Å². The lowest BCUT2D eigenvalue weighted by Crippen LogP contribution is -2.51. The van der Waals surface area contributed by atoms with Crippen molar-refractivity contribution in [2.75, 3.05) is 13.2 Å². The molecule has 1 atom stereocenters. The quantitative estimate of drug-likeness (QED) is 0.291. The maximum absolute atomic E-state index is 13.5. The molecule has 0 aliphatic rings. The summed E-state index contributed by atoms with van der Waals surface area (Å²) in [5, 5.41) is 3.79. The van der Waals surface area contributed by atoms with Crippen LogP contribution >= 0.6 is 39.1 Å². The van der Waals surface area contributed by atoms with E-state index < -0.39 is 6.04 Å². The third-order valence-electron chi connectivity index (χ3n) is 5.39. The molecule has 1 N–H and O–H groups in total. The molecule has 0 spiro atoms. The van der Waals surface area contributed by atoms with Crippen molar-refractivity contribution in [3.05, 3.63) is 98.4 Å². The van der Waals surface area contributed by atoms with E-state index in [1.807, 2.05) is 49.4 Å². The SMILES string of the molecule is CCCNC(=O)[C@H](Cc1ccccc1)N(Cc1c(Cl)cccc1Cl)C(=O)COc1ccc(Br)cc1. The lowest BCUT2D eigenvalue weighted by atomic mass is 10.0. The third-order valence-corrected chi connectivity index (χ3v) is 6.62. The molecule has 0 aliphatic heterocycles. The molecular weight excluding hydrogens is 551 g/mol. The van der Waals surface area contributed by atoms with E-state index in [0.29, 0.717) is 34.3 Å². The van der Waals surface area contributed by atoms with Crippen LogP contribution in [0.3, 0.4) is 0 Å². The van der Waals surface area contributed by atoms with Gasteiger partial charge in [-0.05, 0) is 48.4 Å². The van der Waals surface area contributed by atoms with Gasteiger partial charge >= 0.3 is 0 Å². The van der Waals surface area contributed by atoms with Crippen molar-refractivity contribution in [1.29, 1.82) is 0 Å².